The Kier molecular flexibility index (Phi) is 1.85. The second-order valence-corrected chi connectivity index (χ2v) is 3.09. The molecule has 1 radical (unpaired) electrons. The van der Waals surface area contributed by atoms with Gasteiger partial charge in [0.2, 0.25) is 5.91 Å². The van der Waals surface area contributed by atoms with Crippen molar-refractivity contribution in [1.29, 1.82) is 0 Å². The summed E-state index contributed by atoms with van der Waals surface area (Å²) >= 11 is 0. The van der Waals surface area contributed by atoms with Crippen LogP contribution < -0.4 is 5.73 Å². The zero-order chi connectivity index (χ0) is 10.1. The lowest BCUT2D eigenvalue weighted by molar-refractivity contribution is 0.100. The number of hydrogen-bond acceptors (Lipinski definition) is 1. The molecule has 0 aromatic heterocycles. The number of nitrogens with two attached hydrogens (primary N) is 1. The Balaban J connectivity index is 2.67. The first-order valence-electron chi connectivity index (χ1n) is 4.17. The molecule has 0 saturated carbocycles. The van der Waals surface area contributed by atoms with Gasteiger partial charge in [-0.15, -0.1) is 0 Å². The first-order chi connectivity index (χ1) is 6.66. The van der Waals surface area contributed by atoms with Gasteiger partial charge in [-0.1, -0.05) is 12.1 Å². The summed E-state index contributed by atoms with van der Waals surface area (Å²) in [6.07, 6.45) is 0. The van der Waals surface area contributed by atoms with Crippen molar-refractivity contribution < 1.29 is 9.90 Å². The minimum atomic E-state index is -0.460. The molecule has 3 heteroatoms. The van der Waals surface area contributed by atoms with Crippen LogP contribution in [0.4, 0.5) is 0 Å². The van der Waals surface area contributed by atoms with Crippen LogP contribution in [0.25, 0.3) is 10.8 Å². The maximum Gasteiger partial charge on any atom is 0.248 e. The second kappa shape index (κ2) is 3.03. The number of fused-ring (bicyclic) bond motifs is 1. The molecule has 0 fully saturated rings. The first-order valence-corrected chi connectivity index (χ1v) is 4.17. The number of carbonyl (C=O) groups excluding carboxylic acids is 1. The van der Waals surface area contributed by atoms with Gasteiger partial charge in [0, 0.05) is 5.56 Å². The van der Waals surface area contributed by atoms with Gasteiger partial charge >= 0.3 is 0 Å². The third-order valence-corrected chi connectivity index (χ3v) is 2.10. The summed E-state index contributed by atoms with van der Waals surface area (Å²) in [4.78, 5) is 10.9. The summed E-state index contributed by atoms with van der Waals surface area (Å²) < 4.78 is 0. The van der Waals surface area contributed by atoms with Crippen LogP contribution in [-0.2, 0) is 5.11 Å². The van der Waals surface area contributed by atoms with Crippen molar-refractivity contribution in [3.8, 4) is 5.75 Å². The number of primary amides is 1. The molecular weight excluding hydrogens is 178 g/mol. The Bertz CT molecular complexity index is 506. The van der Waals surface area contributed by atoms with Gasteiger partial charge in [-0.3, -0.25) is 9.90 Å². The smallest absolute Gasteiger partial charge is 0.248 e. The van der Waals surface area contributed by atoms with Gasteiger partial charge in [0.1, 0.15) is 0 Å². The third-order valence-electron chi connectivity index (χ3n) is 2.10. The molecule has 3 nitrogen and oxygen atoms in total. The number of hydrogen-bond donors (Lipinski definition) is 1. The Hall–Kier alpha value is -2.03. The van der Waals surface area contributed by atoms with Gasteiger partial charge in [0.15, 0.2) is 5.75 Å². The molecule has 69 valence electrons. The van der Waals surface area contributed by atoms with E-state index >= 15 is 0 Å². The van der Waals surface area contributed by atoms with E-state index in [0.29, 0.717) is 5.56 Å². The summed E-state index contributed by atoms with van der Waals surface area (Å²) in [6, 6.07) is 9.69. The minimum absolute atomic E-state index is 0.0377. The predicted octanol–water partition coefficient (Wildman–Crippen LogP) is 2.08. The number of rotatable bonds is 1. The number of amides is 1. The van der Waals surface area contributed by atoms with Crippen molar-refractivity contribution in [2.24, 2.45) is 5.73 Å². The van der Waals surface area contributed by atoms with E-state index in [1.807, 2.05) is 0 Å². The molecule has 2 aromatic carbocycles. The lowest BCUT2D eigenvalue weighted by atomic mass is 10.1. The van der Waals surface area contributed by atoms with Gasteiger partial charge in [0.25, 0.3) is 0 Å². The fraction of sp³-hybridized carbons (Fsp3) is 0. The third kappa shape index (κ3) is 1.40. The number of benzene rings is 2. The van der Waals surface area contributed by atoms with Crippen molar-refractivity contribution in [2.75, 3.05) is 0 Å². The Morgan fingerprint density at radius 2 is 1.64 bits per heavy atom. The van der Waals surface area contributed by atoms with Crippen LogP contribution in [0.5, 0.6) is 5.75 Å². The molecule has 2 aromatic rings. The van der Waals surface area contributed by atoms with Crippen LogP contribution in [0.1, 0.15) is 10.4 Å². The highest BCUT2D eigenvalue weighted by Crippen LogP contribution is 2.21. The zero-order valence-electron chi connectivity index (χ0n) is 7.36. The molecular formula is C11H8NO2. The van der Waals surface area contributed by atoms with Crippen molar-refractivity contribution in [3.05, 3.63) is 42.0 Å². The standard InChI is InChI=1S/C11H8NO2/c12-11(14)9-2-1-8-6-10(13)4-3-7(8)5-9/h1-6H,(H2,12,14). The molecule has 2 N–H and O–H groups in total. The summed E-state index contributed by atoms with van der Waals surface area (Å²) in [6.45, 7) is 0. The molecule has 0 heterocycles. The quantitative estimate of drug-likeness (QED) is 0.728. The molecule has 0 aliphatic heterocycles. The van der Waals surface area contributed by atoms with Crippen molar-refractivity contribution in [2.45, 2.75) is 0 Å². The molecule has 0 aliphatic carbocycles. The lowest BCUT2D eigenvalue weighted by Crippen LogP contribution is -2.10. The SMILES string of the molecule is NC(=O)c1ccc2cc([O])ccc2c1. The monoisotopic (exact) mass is 186 g/mol. The lowest BCUT2D eigenvalue weighted by Gasteiger charge is -1.99. The molecule has 0 saturated heterocycles. The van der Waals surface area contributed by atoms with E-state index in [1.165, 1.54) is 12.1 Å². The first kappa shape index (κ1) is 8.56. The van der Waals surface area contributed by atoms with E-state index < -0.39 is 5.91 Å². The highest BCUT2D eigenvalue weighted by molar-refractivity contribution is 5.97. The molecule has 1 amide bonds. The fourth-order valence-electron chi connectivity index (χ4n) is 1.38. The Morgan fingerprint density at radius 3 is 2.36 bits per heavy atom. The van der Waals surface area contributed by atoms with Crippen molar-refractivity contribution in [1.82, 2.24) is 0 Å². The maximum atomic E-state index is 11.0. The highest BCUT2D eigenvalue weighted by atomic mass is 16.3. The normalized spacial score (nSPS) is 10.3. The van der Waals surface area contributed by atoms with Crippen LogP contribution in [0.3, 0.4) is 0 Å². The minimum Gasteiger partial charge on any atom is -0.366 e. The zero-order valence-corrected chi connectivity index (χ0v) is 7.36. The molecule has 0 aliphatic rings. The van der Waals surface area contributed by atoms with Crippen LogP contribution in [-0.4, -0.2) is 5.91 Å². The summed E-state index contributed by atoms with van der Waals surface area (Å²) in [5, 5.41) is 12.7. The van der Waals surface area contributed by atoms with E-state index in [4.69, 9.17) is 5.73 Å². The van der Waals surface area contributed by atoms with Crippen molar-refractivity contribution in [3.63, 3.8) is 0 Å². The average molecular weight is 186 g/mol. The van der Waals surface area contributed by atoms with E-state index in [0.717, 1.165) is 10.8 Å². The maximum absolute atomic E-state index is 11.0. The largest absolute Gasteiger partial charge is 0.366 e. The summed E-state index contributed by atoms with van der Waals surface area (Å²) in [5.41, 5.74) is 5.59. The van der Waals surface area contributed by atoms with E-state index in [-0.39, 0.29) is 5.75 Å². The van der Waals surface area contributed by atoms with E-state index in [1.54, 1.807) is 24.3 Å². The van der Waals surface area contributed by atoms with Crippen LogP contribution in [0, 0.1) is 0 Å². The molecule has 2 rings (SSSR count). The highest BCUT2D eigenvalue weighted by Gasteiger charge is 2.02. The van der Waals surface area contributed by atoms with Crippen LogP contribution in [0.15, 0.2) is 36.4 Å². The molecule has 0 unspecified atom stereocenters. The van der Waals surface area contributed by atoms with E-state index in [9.17, 15) is 9.90 Å². The second-order valence-electron chi connectivity index (χ2n) is 3.09. The average Bonchev–Trinajstić information content (AvgIpc) is 2.16. The van der Waals surface area contributed by atoms with E-state index in [2.05, 4.69) is 0 Å². The molecule has 0 atom stereocenters. The van der Waals surface area contributed by atoms with Gasteiger partial charge < -0.3 is 5.73 Å². The van der Waals surface area contributed by atoms with Gasteiger partial charge in [-0.2, -0.15) is 0 Å². The molecule has 14 heavy (non-hydrogen) atoms. The fourth-order valence-corrected chi connectivity index (χ4v) is 1.38. The summed E-state index contributed by atoms with van der Waals surface area (Å²) in [7, 11) is 0. The van der Waals surface area contributed by atoms with Gasteiger partial charge in [-0.05, 0) is 35.0 Å². The van der Waals surface area contributed by atoms with Crippen LogP contribution in [0.2, 0.25) is 0 Å². The van der Waals surface area contributed by atoms with Crippen LogP contribution >= 0.6 is 0 Å². The van der Waals surface area contributed by atoms with Gasteiger partial charge in [-0.25, -0.2) is 0 Å². The van der Waals surface area contributed by atoms with Crippen molar-refractivity contribution >= 4 is 16.7 Å². The molecule has 0 bridgehead atoms. The van der Waals surface area contributed by atoms with Gasteiger partial charge in [0.05, 0.1) is 0 Å². The topological polar surface area (TPSA) is 63.0 Å². The Morgan fingerprint density at radius 1 is 1.00 bits per heavy atom. The summed E-state index contributed by atoms with van der Waals surface area (Å²) in [5.74, 6) is -0.498. The Labute approximate surface area is 80.8 Å². The predicted molar refractivity (Wildman–Crippen MR) is 52.6 cm³/mol. The molecule has 0 spiro atoms. The number of carbonyl (C=O) groups is 1.